The largest absolute Gasteiger partial charge is 0.377 e. The molecule has 1 fully saturated rings. The Bertz CT molecular complexity index is 171. The third-order valence-corrected chi connectivity index (χ3v) is 4.63. The average Bonchev–Trinajstić information content (AvgIpc) is 2.81. The molecule has 0 aromatic rings. The van der Waals surface area contributed by atoms with Crippen LogP contribution in [0.25, 0.3) is 0 Å². The SMILES string of the molecule is CCC(C)CSCCNC(C)C1CCCO1. The molecule has 1 saturated heterocycles. The van der Waals surface area contributed by atoms with Crippen molar-refractivity contribution < 1.29 is 4.74 Å². The first-order valence-electron chi connectivity index (χ1n) is 6.66. The second-order valence-corrected chi connectivity index (χ2v) is 6.03. The maximum absolute atomic E-state index is 5.66. The Labute approximate surface area is 105 Å². The summed E-state index contributed by atoms with van der Waals surface area (Å²) in [6.45, 7) is 8.91. The van der Waals surface area contributed by atoms with Gasteiger partial charge < -0.3 is 10.1 Å². The molecule has 1 N–H and O–H groups in total. The van der Waals surface area contributed by atoms with Crippen LogP contribution in [0.1, 0.15) is 40.0 Å². The van der Waals surface area contributed by atoms with Gasteiger partial charge in [0.2, 0.25) is 0 Å². The summed E-state index contributed by atoms with van der Waals surface area (Å²) in [5.74, 6) is 3.38. The summed E-state index contributed by atoms with van der Waals surface area (Å²) >= 11 is 2.07. The maximum atomic E-state index is 5.66. The van der Waals surface area contributed by atoms with Crippen LogP contribution < -0.4 is 5.32 Å². The first-order chi connectivity index (χ1) is 7.74. The van der Waals surface area contributed by atoms with Gasteiger partial charge in [-0.05, 0) is 31.4 Å². The number of hydrogen-bond donors (Lipinski definition) is 1. The Kier molecular flexibility index (Phi) is 7.50. The van der Waals surface area contributed by atoms with Crippen LogP contribution in [-0.4, -0.2) is 36.8 Å². The van der Waals surface area contributed by atoms with Gasteiger partial charge in [0.25, 0.3) is 0 Å². The molecule has 0 amide bonds. The Balaban J connectivity index is 1.93. The Morgan fingerprint density at radius 1 is 1.44 bits per heavy atom. The van der Waals surface area contributed by atoms with Crippen LogP contribution in [0.5, 0.6) is 0 Å². The van der Waals surface area contributed by atoms with E-state index < -0.39 is 0 Å². The van der Waals surface area contributed by atoms with Crippen LogP contribution in [0.2, 0.25) is 0 Å². The van der Waals surface area contributed by atoms with Gasteiger partial charge in [0.1, 0.15) is 0 Å². The molecule has 0 aromatic carbocycles. The monoisotopic (exact) mass is 245 g/mol. The predicted molar refractivity (Wildman–Crippen MR) is 73.2 cm³/mol. The Hall–Kier alpha value is 0.270. The fourth-order valence-electron chi connectivity index (χ4n) is 1.89. The van der Waals surface area contributed by atoms with Crippen molar-refractivity contribution >= 4 is 11.8 Å². The molecule has 0 spiro atoms. The molecule has 0 saturated carbocycles. The van der Waals surface area contributed by atoms with Crippen LogP contribution in [0.4, 0.5) is 0 Å². The Morgan fingerprint density at radius 3 is 2.88 bits per heavy atom. The van der Waals surface area contributed by atoms with E-state index in [1.165, 1.54) is 30.8 Å². The van der Waals surface area contributed by atoms with Crippen molar-refractivity contribution in [3.05, 3.63) is 0 Å². The molecular formula is C13H27NOS. The second kappa shape index (κ2) is 8.37. The van der Waals surface area contributed by atoms with Gasteiger partial charge in [-0.1, -0.05) is 20.3 Å². The standard InChI is InChI=1S/C13H27NOS/c1-4-11(2)10-16-9-7-14-12(3)13-6-5-8-15-13/h11-14H,4-10H2,1-3H3. The molecule has 1 aliphatic heterocycles. The molecule has 3 unspecified atom stereocenters. The lowest BCUT2D eigenvalue weighted by atomic mass is 10.1. The smallest absolute Gasteiger partial charge is 0.0726 e. The minimum Gasteiger partial charge on any atom is -0.377 e. The van der Waals surface area contributed by atoms with Gasteiger partial charge in [-0.2, -0.15) is 11.8 Å². The van der Waals surface area contributed by atoms with Gasteiger partial charge in [-0.3, -0.25) is 0 Å². The lowest BCUT2D eigenvalue weighted by Crippen LogP contribution is -2.38. The van der Waals surface area contributed by atoms with Gasteiger partial charge >= 0.3 is 0 Å². The highest BCUT2D eigenvalue weighted by molar-refractivity contribution is 7.99. The van der Waals surface area contributed by atoms with Crippen molar-refractivity contribution in [2.75, 3.05) is 24.7 Å². The highest BCUT2D eigenvalue weighted by atomic mass is 32.2. The molecule has 2 nitrogen and oxygen atoms in total. The van der Waals surface area contributed by atoms with E-state index in [9.17, 15) is 0 Å². The van der Waals surface area contributed by atoms with Crippen LogP contribution in [-0.2, 0) is 4.74 Å². The lowest BCUT2D eigenvalue weighted by molar-refractivity contribution is 0.0844. The average molecular weight is 245 g/mol. The summed E-state index contributed by atoms with van der Waals surface area (Å²) in [5.41, 5.74) is 0. The fraction of sp³-hybridized carbons (Fsp3) is 1.00. The summed E-state index contributed by atoms with van der Waals surface area (Å²) < 4.78 is 5.66. The van der Waals surface area contributed by atoms with Gasteiger partial charge in [0.05, 0.1) is 6.10 Å². The summed E-state index contributed by atoms with van der Waals surface area (Å²) in [6, 6.07) is 0.520. The molecule has 96 valence electrons. The van der Waals surface area contributed by atoms with E-state index in [4.69, 9.17) is 4.74 Å². The predicted octanol–water partition coefficient (Wildman–Crippen LogP) is 2.92. The minimum absolute atomic E-state index is 0.458. The van der Waals surface area contributed by atoms with E-state index >= 15 is 0 Å². The molecule has 3 heteroatoms. The molecule has 1 heterocycles. The van der Waals surface area contributed by atoms with Crippen molar-refractivity contribution in [2.45, 2.75) is 52.2 Å². The second-order valence-electron chi connectivity index (χ2n) is 4.88. The van der Waals surface area contributed by atoms with Gasteiger partial charge in [-0.15, -0.1) is 0 Å². The van der Waals surface area contributed by atoms with Crippen LogP contribution >= 0.6 is 11.8 Å². The highest BCUT2D eigenvalue weighted by Crippen LogP contribution is 2.15. The first kappa shape index (κ1) is 14.3. The van der Waals surface area contributed by atoms with E-state index in [0.717, 1.165) is 19.1 Å². The molecule has 3 atom stereocenters. The molecule has 16 heavy (non-hydrogen) atoms. The number of ether oxygens (including phenoxy) is 1. The van der Waals surface area contributed by atoms with Gasteiger partial charge in [-0.25, -0.2) is 0 Å². The zero-order valence-electron chi connectivity index (χ0n) is 11.0. The lowest BCUT2D eigenvalue weighted by Gasteiger charge is -2.20. The molecule has 0 aliphatic carbocycles. The molecule has 0 aromatic heterocycles. The van der Waals surface area contributed by atoms with E-state index in [0.29, 0.717) is 12.1 Å². The topological polar surface area (TPSA) is 21.3 Å². The highest BCUT2D eigenvalue weighted by Gasteiger charge is 2.21. The van der Waals surface area contributed by atoms with Crippen molar-refractivity contribution in [3.63, 3.8) is 0 Å². The fourth-order valence-corrected chi connectivity index (χ4v) is 2.96. The summed E-state index contributed by atoms with van der Waals surface area (Å²) in [4.78, 5) is 0. The van der Waals surface area contributed by atoms with Crippen LogP contribution in [0.3, 0.4) is 0 Å². The van der Waals surface area contributed by atoms with Gasteiger partial charge in [0.15, 0.2) is 0 Å². The summed E-state index contributed by atoms with van der Waals surface area (Å²) in [7, 11) is 0. The van der Waals surface area contributed by atoms with Crippen molar-refractivity contribution in [1.82, 2.24) is 5.32 Å². The third kappa shape index (κ3) is 5.55. The molecule has 1 rings (SSSR count). The first-order valence-corrected chi connectivity index (χ1v) is 7.82. The zero-order chi connectivity index (χ0) is 11.8. The van der Waals surface area contributed by atoms with Crippen molar-refractivity contribution in [3.8, 4) is 0 Å². The van der Waals surface area contributed by atoms with Crippen molar-refractivity contribution in [1.29, 1.82) is 0 Å². The normalized spacial score (nSPS) is 24.6. The zero-order valence-corrected chi connectivity index (χ0v) is 11.8. The summed E-state index contributed by atoms with van der Waals surface area (Å²) in [5, 5.41) is 3.57. The molecular weight excluding hydrogens is 218 g/mol. The molecule has 1 aliphatic rings. The third-order valence-electron chi connectivity index (χ3n) is 3.33. The number of rotatable bonds is 8. The van der Waals surface area contributed by atoms with Gasteiger partial charge in [0, 0.05) is 24.9 Å². The van der Waals surface area contributed by atoms with Crippen LogP contribution in [0, 0.1) is 5.92 Å². The van der Waals surface area contributed by atoms with E-state index in [2.05, 4.69) is 37.8 Å². The minimum atomic E-state index is 0.458. The number of thioether (sulfide) groups is 1. The van der Waals surface area contributed by atoms with E-state index in [1.807, 2.05) is 0 Å². The van der Waals surface area contributed by atoms with Crippen molar-refractivity contribution in [2.24, 2.45) is 5.92 Å². The quantitative estimate of drug-likeness (QED) is 0.664. The molecule has 0 bridgehead atoms. The Morgan fingerprint density at radius 2 is 2.25 bits per heavy atom. The van der Waals surface area contributed by atoms with E-state index in [-0.39, 0.29) is 0 Å². The maximum Gasteiger partial charge on any atom is 0.0726 e. The molecule has 0 radical (unpaired) electrons. The summed E-state index contributed by atoms with van der Waals surface area (Å²) in [6.07, 6.45) is 4.22. The van der Waals surface area contributed by atoms with E-state index in [1.54, 1.807) is 0 Å². The number of hydrogen-bond acceptors (Lipinski definition) is 3. The van der Waals surface area contributed by atoms with Crippen LogP contribution in [0.15, 0.2) is 0 Å². The number of nitrogens with one attached hydrogen (secondary N) is 1.